The van der Waals surface area contributed by atoms with Crippen molar-refractivity contribution in [2.75, 3.05) is 7.05 Å². The lowest BCUT2D eigenvalue weighted by Crippen LogP contribution is -2.16. The average molecular weight is 267 g/mol. The highest BCUT2D eigenvalue weighted by Gasteiger charge is 1.96. The summed E-state index contributed by atoms with van der Waals surface area (Å²) in [6, 6.07) is 0. The number of carbonyl (C=O) groups excluding carboxylic acids is 1. The molecule has 0 aromatic heterocycles. The van der Waals surface area contributed by atoms with Crippen molar-refractivity contribution in [2.24, 2.45) is 0 Å². The summed E-state index contributed by atoms with van der Waals surface area (Å²) in [6.45, 7) is 2.25. The molecule has 0 heterocycles. The van der Waals surface area contributed by atoms with Crippen LogP contribution in [0.3, 0.4) is 0 Å². The molecule has 19 heavy (non-hydrogen) atoms. The number of nitrogens with one attached hydrogen (secondary N) is 1. The molecule has 0 atom stereocenters. The number of amides is 1. The van der Waals surface area contributed by atoms with Crippen LogP contribution in [0.2, 0.25) is 0 Å². The minimum atomic E-state index is 0.172. The van der Waals surface area contributed by atoms with Gasteiger partial charge in [-0.1, -0.05) is 57.6 Å². The van der Waals surface area contributed by atoms with Crippen molar-refractivity contribution in [3.63, 3.8) is 0 Å². The first-order chi connectivity index (χ1) is 9.31. The van der Waals surface area contributed by atoms with Crippen LogP contribution in [0.4, 0.5) is 0 Å². The van der Waals surface area contributed by atoms with E-state index in [2.05, 4.69) is 24.4 Å². The van der Waals surface area contributed by atoms with Crippen molar-refractivity contribution in [1.82, 2.24) is 5.32 Å². The van der Waals surface area contributed by atoms with Gasteiger partial charge in [-0.25, -0.2) is 0 Å². The van der Waals surface area contributed by atoms with Crippen LogP contribution >= 0.6 is 0 Å². The van der Waals surface area contributed by atoms with Gasteiger partial charge in [0.25, 0.3) is 0 Å². The Morgan fingerprint density at radius 2 is 1.37 bits per heavy atom. The molecule has 2 heteroatoms. The molecule has 0 rings (SSSR count). The molecule has 0 aromatic carbocycles. The van der Waals surface area contributed by atoms with E-state index in [1.54, 1.807) is 7.05 Å². The standard InChI is InChI=1S/C17H33NO/c1-3-4-5-6-7-8-9-10-11-12-13-14-15-16-17(19)18-2/h8-9H,3-7,10-16H2,1-2H3,(H,18,19)/b9-8-. The zero-order valence-corrected chi connectivity index (χ0v) is 13.0. The molecule has 0 radical (unpaired) electrons. The molecule has 0 saturated carbocycles. The Morgan fingerprint density at radius 3 is 1.95 bits per heavy atom. The van der Waals surface area contributed by atoms with E-state index in [1.807, 2.05) is 0 Å². The van der Waals surface area contributed by atoms with E-state index in [0.717, 1.165) is 6.42 Å². The number of hydrogen-bond donors (Lipinski definition) is 1. The van der Waals surface area contributed by atoms with E-state index < -0.39 is 0 Å². The second kappa shape index (κ2) is 15.3. The van der Waals surface area contributed by atoms with Gasteiger partial charge in [-0.2, -0.15) is 0 Å². The first-order valence-electron chi connectivity index (χ1n) is 8.16. The minimum Gasteiger partial charge on any atom is -0.359 e. The first kappa shape index (κ1) is 18.2. The maximum absolute atomic E-state index is 11.0. The summed E-state index contributed by atoms with van der Waals surface area (Å²) in [7, 11) is 1.71. The van der Waals surface area contributed by atoms with E-state index in [4.69, 9.17) is 0 Å². The van der Waals surface area contributed by atoms with Gasteiger partial charge in [0.15, 0.2) is 0 Å². The Labute approximate surface area is 120 Å². The second-order valence-electron chi connectivity index (χ2n) is 5.30. The molecule has 0 aromatic rings. The van der Waals surface area contributed by atoms with Crippen LogP contribution in [0.1, 0.15) is 84.0 Å². The Bertz CT molecular complexity index is 223. The van der Waals surface area contributed by atoms with Crippen molar-refractivity contribution in [3.8, 4) is 0 Å². The van der Waals surface area contributed by atoms with E-state index in [-0.39, 0.29) is 5.91 Å². The fraction of sp³-hybridized carbons (Fsp3) is 0.824. The molecule has 0 aliphatic carbocycles. The van der Waals surface area contributed by atoms with Crippen molar-refractivity contribution in [1.29, 1.82) is 0 Å². The van der Waals surface area contributed by atoms with Crippen molar-refractivity contribution in [3.05, 3.63) is 12.2 Å². The summed E-state index contributed by atoms with van der Waals surface area (Å²) >= 11 is 0. The van der Waals surface area contributed by atoms with Gasteiger partial charge in [0.05, 0.1) is 0 Å². The predicted molar refractivity (Wildman–Crippen MR) is 84.3 cm³/mol. The van der Waals surface area contributed by atoms with Gasteiger partial charge in [-0.05, 0) is 32.1 Å². The molecule has 1 amide bonds. The maximum atomic E-state index is 11.0. The molecule has 0 unspecified atom stereocenters. The molecule has 0 saturated heterocycles. The van der Waals surface area contributed by atoms with Crippen LogP contribution in [0.15, 0.2) is 12.2 Å². The van der Waals surface area contributed by atoms with Gasteiger partial charge in [0, 0.05) is 13.5 Å². The van der Waals surface area contributed by atoms with Gasteiger partial charge in [0.1, 0.15) is 0 Å². The Kier molecular flexibility index (Phi) is 14.6. The van der Waals surface area contributed by atoms with Crippen LogP contribution in [0.25, 0.3) is 0 Å². The Hall–Kier alpha value is -0.790. The van der Waals surface area contributed by atoms with Gasteiger partial charge in [0.2, 0.25) is 5.91 Å². The SMILES string of the molecule is CCCCCC/C=C\CCCCCCCC(=O)NC. The third-order valence-electron chi connectivity index (χ3n) is 3.44. The van der Waals surface area contributed by atoms with E-state index in [1.165, 1.54) is 64.2 Å². The highest BCUT2D eigenvalue weighted by atomic mass is 16.1. The largest absolute Gasteiger partial charge is 0.359 e. The molecule has 0 fully saturated rings. The van der Waals surface area contributed by atoms with Crippen molar-refractivity contribution < 1.29 is 4.79 Å². The van der Waals surface area contributed by atoms with Gasteiger partial charge in [-0.15, -0.1) is 0 Å². The molecule has 112 valence electrons. The molecular weight excluding hydrogens is 234 g/mol. The topological polar surface area (TPSA) is 29.1 Å². The van der Waals surface area contributed by atoms with Crippen LogP contribution in [0.5, 0.6) is 0 Å². The molecule has 2 nitrogen and oxygen atoms in total. The summed E-state index contributed by atoms with van der Waals surface area (Å²) in [5, 5.41) is 2.66. The summed E-state index contributed by atoms with van der Waals surface area (Å²) < 4.78 is 0. The van der Waals surface area contributed by atoms with Crippen LogP contribution < -0.4 is 5.32 Å². The zero-order chi connectivity index (χ0) is 14.2. The van der Waals surface area contributed by atoms with Gasteiger partial charge in [-0.3, -0.25) is 4.79 Å². The third kappa shape index (κ3) is 15.2. The molecule has 0 spiro atoms. The van der Waals surface area contributed by atoms with E-state index in [9.17, 15) is 4.79 Å². The number of unbranched alkanes of at least 4 members (excludes halogenated alkanes) is 9. The molecule has 0 aliphatic rings. The van der Waals surface area contributed by atoms with E-state index in [0.29, 0.717) is 6.42 Å². The summed E-state index contributed by atoms with van der Waals surface area (Å²) in [6.07, 6.45) is 19.4. The lowest BCUT2D eigenvalue weighted by molar-refractivity contribution is -0.120. The van der Waals surface area contributed by atoms with Gasteiger partial charge < -0.3 is 5.32 Å². The highest BCUT2D eigenvalue weighted by Crippen LogP contribution is 2.08. The van der Waals surface area contributed by atoms with Crippen molar-refractivity contribution in [2.45, 2.75) is 84.0 Å². The van der Waals surface area contributed by atoms with Crippen molar-refractivity contribution >= 4 is 5.91 Å². The quantitative estimate of drug-likeness (QED) is 0.369. The average Bonchev–Trinajstić information content (AvgIpc) is 2.43. The molecular formula is C17H33NO. The second-order valence-corrected chi connectivity index (χ2v) is 5.30. The van der Waals surface area contributed by atoms with Gasteiger partial charge >= 0.3 is 0 Å². The Balaban J connectivity index is 3.09. The number of carbonyl (C=O) groups is 1. The third-order valence-corrected chi connectivity index (χ3v) is 3.44. The predicted octanol–water partition coefficient (Wildman–Crippen LogP) is 4.99. The number of hydrogen-bond acceptors (Lipinski definition) is 1. The monoisotopic (exact) mass is 267 g/mol. The lowest BCUT2D eigenvalue weighted by Gasteiger charge is -2.00. The smallest absolute Gasteiger partial charge is 0.219 e. The fourth-order valence-electron chi connectivity index (χ4n) is 2.13. The highest BCUT2D eigenvalue weighted by molar-refractivity contribution is 5.75. The minimum absolute atomic E-state index is 0.172. The molecule has 0 bridgehead atoms. The lowest BCUT2D eigenvalue weighted by atomic mass is 10.1. The molecule has 1 N–H and O–H groups in total. The van der Waals surface area contributed by atoms with Crippen LogP contribution in [-0.4, -0.2) is 13.0 Å². The molecule has 0 aliphatic heterocycles. The normalized spacial score (nSPS) is 11.1. The number of rotatable bonds is 13. The van der Waals surface area contributed by atoms with E-state index >= 15 is 0 Å². The van der Waals surface area contributed by atoms with Crippen LogP contribution in [0, 0.1) is 0 Å². The summed E-state index contributed by atoms with van der Waals surface area (Å²) in [5.74, 6) is 0.172. The number of allylic oxidation sites excluding steroid dienone is 2. The first-order valence-corrected chi connectivity index (χ1v) is 8.16. The fourth-order valence-corrected chi connectivity index (χ4v) is 2.13. The zero-order valence-electron chi connectivity index (χ0n) is 13.0. The summed E-state index contributed by atoms with van der Waals surface area (Å²) in [5.41, 5.74) is 0. The maximum Gasteiger partial charge on any atom is 0.219 e. The summed E-state index contributed by atoms with van der Waals surface area (Å²) in [4.78, 5) is 11.0. The van der Waals surface area contributed by atoms with Crippen LogP contribution in [-0.2, 0) is 4.79 Å². The Morgan fingerprint density at radius 1 is 0.842 bits per heavy atom.